The summed E-state index contributed by atoms with van der Waals surface area (Å²) in [6, 6.07) is 23.9. The van der Waals surface area contributed by atoms with E-state index in [0.29, 0.717) is 0 Å². The second-order valence-electron chi connectivity index (χ2n) is 11.8. The lowest BCUT2D eigenvalue weighted by Gasteiger charge is -2.24. The Morgan fingerprint density at radius 2 is 1.38 bits per heavy atom. The van der Waals surface area contributed by atoms with Crippen molar-refractivity contribution in [3.05, 3.63) is 89.6 Å². The molecule has 198 valence electrons. The second kappa shape index (κ2) is 10.3. The second-order valence-corrected chi connectivity index (χ2v) is 11.8. The van der Waals surface area contributed by atoms with Crippen LogP contribution in [0.3, 0.4) is 0 Å². The van der Waals surface area contributed by atoms with Crippen LogP contribution in [0, 0.1) is 6.92 Å². The van der Waals surface area contributed by atoms with Crippen molar-refractivity contribution in [2.75, 3.05) is 0 Å². The summed E-state index contributed by atoms with van der Waals surface area (Å²) in [5, 5.41) is 2.22. The van der Waals surface area contributed by atoms with Gasteiger partial charge in [0.15, 0.2) is 6.20 Å². The fraction of sp³-hybridized carbons (Fsp3) is 0.378. The Labute approximate surface area is 235 Å². The highest BCUT2D eigenvalue weighted by atomic mass is 16.3. The Morgan fingerprint density at radius 1 is 0.718 bits per heavy atom. The SMILES string of the molecule is [2H]C1(c2ccc3c(c2)oc2cc(-c4cc(-c5ccccc5C)[n+](C)cc4C4([2H])CCCCC4)ccc23)CCCCC1. The smallest absolute Gasteiger partial charge is 0.213 e. The normalized spacial score (nSPS) is 19.6. The van der Waals surface area contributed by atoms with Gasteiger partial charge in [-0.1, -0.05) is 74.9 Å². The van der Waals surface area contributed by atoms with E-state index in [2.05, 4.69) is 91.5 Å². The third kappa shape index (κ3) is 4.58. The molecular formula is C37H40NO+. The molecule has 2 aliphatic rings. The van der Waals surface area contributed by atoms with E-state index in [-0.39, 0.29) is 0 Å². The molecule has 0 aliphatic heterocycles. The van der Waals surface area contributed by atoms with Crippen molar-refractivity contribution in [1.82, 2.24) is 0 Å². The summed E-state index contributed by atoms with van der Waals surface area (Å²) >= 11 is 0. The molecule has 7 rings (SSSR count). The predicted molar refractivity (Wildman–Crippen MR) is 162 cm³/mol. The number of rotatable bonds is 4. The van der Waals surface area contributed by atoms with Gasteiger partial charge < -0.3 is 4.42 Å². The van der Waals surface area contributed by atoms with Crippen LogP contribution in [0.2, 0.25) is 0 Å². The number of hydrogen-bond donors (Lipinski definition) is 0. The van der Waals surface area contributed by atoms with E-state index in [1.54, 1.807) is 0 Å². The van der Waals surface area contributed by atoms with Crippen molar-refractivity contribution in [1.29, 1.82) is 0 Å². The van der Waals surface area contributed by atoms with Crippen LogP contribution in [0.5, 0.6) is 0 Å². The lowest BCUT2D eigenvalue weighted by Crippen LogP contribution is -2.32. The lowest BCUT2D eigenvalue weighted by atomic mass is 9.81. The number of fused-ring (bicyclic) bond motifs is 3. The van der Waals surface area contributed by atoms with Gasteiger partial charge in [-0.2, -0.15) is 0 Å². The summed E-state index contributed by atoms with van der Waals surface area (Å²) in [6.45, 7) is 2.17. The Balaban J connectivity index is 1.39. The van der Waals surface area contributed by atoms with Gasteiger partial charge in [0.25, 0.3) is 0 Å². The van der Waals surface area contributed by atoms with E-state index in [4.69, 9.17) is 5.79 Å². The Hall–Kier alpha value is -3.39. The zero-order valence-electron chi connectivity index (χ0n) is 25.4. The molecule has 0 spiro atoms. The summed E-state index contributed by atoms with van der Waals surface area (Å²) in [5.74, 6) is -1.09. The fourth-order valence-electron chi connectivity index (χ4n) is 6.98. The number of aryl methyl sites for hydroxylation is 2. The standard InChI is InChI=1S/C37H40NO/c1-25-11-9-10-16-30(25)35-23-33(34(24-38(35)2)27-14-7-4-8-15-27)29-18-20-32-31-19-17-28(26-12-5-3-6-13-26)21-36(31)39-37(32)22-29/h9-11,16-24,26-27H,3-8,12-15H2,1-2H3/q+1/i26D,27D. The van der Waals surface area contributed by atoms with Crippen LogP contribution in [0.25, 0.3) is 44.3 Å². The molecule has 5 aromatic rings. The predicted octanol–water partition coefficient (Wildman–Crippen LogP) is 10.1. The van der Waals surface area contributed by atoms with E-state index >= 15 is 0 Å². The topological polar surface area (TPSA) is 17.0 Å². The monoisotopic (exact) mass is 516 g/mol. The first-order valence-corrected chi connectivity index (χ1v) is 14.9. The largest absolute Gasteiger partial charge is 0.456 e. The van der Waals surface area contributed by atoms with Gasteiger partial charge in [-0.05, 0) is 90.9 Å². The molecule has 39 heavy (non-hydrogen) atoms. The maximum absolute atomic E-state index is 9.60. The van der Waals surface area contributed by atoms with Crippen LogP contribution < -0.4 is 4.57 Å². The molecule has 0 unspecified atom stereocenters. The van der Waals surface area contributed by atoms with Crippen molar-refractivity contribution in [2.24, 2.45) is 7.05 Å². The molecule has 2 saturated carbocycles. The van der Waals surface area contributed by atoms with E-state index in [9.17, 15) is 1.37 Å². The van der Waals surface area contributed by atoms with Crippen molar-refractivity contribution in [3.63, 3.8) is 0 Å². The summed E-state index contributed by atoms with van der Waals surface area (Å²) in [4.78, 5) is 0. The molecule has 0 bridgehead atoms. The molecule has 2 nitrogen and oxygen atoms in total. The highest BCUT2D eigenvalue weighted by Gasteiger charge is 2.26. The summed E-state index contributed by atoms with van der Waals surface area (Å²) < 4.78 is 27.5. The maximum Gasteiger partial charge on any atom is 0.213 e. The van der Waals surface area contributed by atoms with E-state index < -0.39 is 11.8 Å². The van der Waals surface area contributed by atoms with Crippen molar-refractivity contribution >= 4 is 21.9 Å². The minimum atomic E-state index is -0.588. The molecule has 0 saturated heterocycles. The number of aromatic nitrogens is 1. The van der Waals surface area contributed by atoms with Crippen molar-refractivity contribution in [3.8, 4) is 22.4 Å². The first kappa shape index (κ1) is 22.4. The van der Waals surface area contributed by atoms with Gasteiger partial charge in [0.1, 0.15) is 18.2 Å². The Kier molecular flexibility index (Phi) is 5.92. The quantitative estimate of drug-likeness (QED) is 0.217. The van der Waals surface area contributed by atoms with Gasteiger partial charge in [0.05, 0.1) is 0 Å². The van der Waals surface area contributed by atoms with Gasteiger partial charge in [-0.25, -0.2) is 4.57 Å². The van der Waals surface area contributed by atoms with Gasteiger partial charge in [0, 0.05) is 30.7 Å². The summed E-state index contributed by atoms with van der Waals surface area (Å²) in [6.07, 6.45) is 12.8. The van der Waals surface area contributed by atoms with Crippen molar-refractivity contribution in [2.45, 2.75) is 82.9 Å². The first-order chi connectivity index (χ1) is 19.8. The average molecular weight is 517 g/mol. The highest BCUT2D eigenvalue weighted by molar-refractivity contribution is 6.06. The molecule has 3 aromatic carbocycles. The molecule has 2 heterocycles. The van der Waals surface area contributed by atoms with Crippen LogP contribution in [0.1, 0.15) is 95.4 Å². The number of hydrogen-bond acceptors (Lipinski definition) is 1. The molecule has 0 amide bonds. The number of nitrogens with zero attached hydrogens (tertiary/aromatic N) is 1. The molecule has 2 heteroatoms. The van der Waals surface area contributed by atoms with Gasteiger partial charge in [0.2, 0.25) is 5.69 Å². The minimum Gasteiger partial charge on any atom is -0.456 e. The number of pyridine rings is 1. The zero-order valence-corrected chi connectivity index (χ0v) is 23.4. The third-order valence-corrected chi connectivity index (χ3v) is 9.18. The van der Waals surface area contributed by atoms with Crippen LogP contribution in [0.15, 0.2) is 77.3 Å². The fourth-order valence-corrected chi connectivity index (χ4v) is 6.98. The maximum atomic E-state index is 9.60. The van der Waals surface area contributed by atoms with Crippen LogP contribution in [-0.2, 0) is 7.05 Å². The molecule has 2 aliphatic carbocycles. The molecule has 0 atom stereocenters. The van der Waals surface area contributed by atoms with Crippen LogP contribution >= 0.6 is 0 Å². The molecule has 2 aromatic heterocycles. The van der Waals surface area contributed by atoms with Crippen molar-refractivity contribution < 1.29 is 11.7 Å². The van der Waals surface area contributed by atoms with Crippen LogP contribution in [0.4, 0.5) is 0 Å². The minimum absolute atomic E-state index is 0.501. The number of benzene rings is 3. The van der Waals surface area contributed by atoms with E-state index in [1.165, 1.54) is 24.0 Å². The first-order valence-electron chi connectivity index (χ1n) is 15.9. The molecule has 0 N–H and O–H groups in total. The summed E-state index contributed by atoms with van der Waals surface area (Å²) in [5.41, 5.74) is 9.79. The lowest BCUT2D eigenvalue weighted by molar-refractivity contribution is -0.660. The van der Waals surface area contributed by atoms with E-state index in [0.717, 1.165) is 101 Å². The Morgan fingerprint density at radius 3 is 2.13 bits per heavy atom. The van der Waals surface area contributed by atoms with Gasteiger partial charge in [-0.15, -0.1) is 0 Å². The van der Waals surface area contributed by atoms with E-state index in [1.807, 2.05) is 0 Å². The molecule has 2 fully saturated rings. The third-order valence-electron chi connectivity index (χ3n) is 9.18. The van der Waals surface area contributed by atoms with Gasteiger partial charge in [-0.3, -0.25) is 0 Å². The molecule has 0 radical (unpaired) electrons. The average Bonchev–Trinajstić information content (AvgIpc) is 3.35. The van der Waals surface area contributed by atoms with Crippen LogP contribution in [-0.4, -0.2) is 0 Å². The highest BCUT2D eigenvalue weighted by Crippen LogP contribution is 2.41. The zero-order chi connectivity index (χ0) is 28.2. The summed E-state index contributed by atoms with van der Waals surface area (Å²) in [7, 11) is 2.12. The van der Waals surface area contributed by atoms with Gasteiger partial charge >= 0.3 is 0 Å². The molecular weight excluding hydrogens is 474 g/mol. The Bertz CT molecular complexity index is 1750. The number of furan rings is 1.